The van der Waals surface area contributed by atoms with Gasteiger partial charge in [0.05, 0.1) is 16.3 Å². The lowest BCUT2D eigenvalue weighted by atomic mass is 10.1. The first-order valence-electron chi connectivity index (χ1n) is 4.36. The number of aromatic nitrogens is 1. The monoisotopic (exact) mass is 341 g/mol. The van der Waals surface area contributed by atoms with E-state index in [0.29, 0.717) is 9.61 Å². The van der Waals surface area contributed by atoms with Crippen molar-refractivity contribution in [3.8, 4) is 11.3 Å². The second-order valence-corrected chi connectivity index (χ2v) is 5.72. The molecular weight excluding hydrogens is 339 g/mol. The fourth-order valence-corrected chi connectivity index (χ4v) is 2.50. The molecule has 7 heteroatoms. The summed E-state index contributed by atoms with van der Waals surface area (Å²) in [5.41, 5.74) is -0.0255. The highest BCUT2D eigenvalue weighted by Crippen LogP contribution is 2.36. The molecule has 1 aromatic heterocycles. The third-order valence-corrected chi connectivity index (χ3v) is 3.74. The number of alkyl halides is 3. The molecular formula is C10H4BrClF3NS. The van der Waals surface area contributed by atoms with Gasteiger partial charge in [-0.05, 0) is 34.1 Å². The van der Waals surface area contributed by atoms with E-state index in [1.807, 2.05) is 0 Å². The largest absolute Gasteiger partial charge is 0.416 e. The van der Waals surface area contributed by atoms with E-state index in [0.717, 1.165) is 12.1 Å². The smallest absolute Gasteiger partial charge is 0.229 e. The van der Waals surface area contributed by atoms with Gasteiger partial charge in [0.2, 0.25) is 0 Å². The Kier molecular flexibility index (Phi) is 3.47. The molecule has 2 rings (SSSR count). The summed E-state index contributed by atoms with van der Waals surface area (Å²) in [5, 5.41) is 1.89. The summed E-state index contributed by atoms with van der Waals surface area (Å²) in [6.45, 7) is 0. The molecule has 0 aliphatic rings. The predicted molar refractivity (Wildman–Crippen MR) is 65.3 cm³/mol. The van der Waals surface area contributed by atoms with Crippen molar-refractivity contribution in [1.29, 1.82) is 0 Å². The molecule has 90 valence electrons. The van der Waals surface area contributed by atoms with Crippen molar-refractivity contribution in [2.75, 3.05) is 0 Å². The van der Waals surface area contributed by atoms with Crippen molar-refractivity contribution in [2.45, 2.75) is 6.18 Å². The molecule has 0 radical (unpaired) electrons. The molecule has 0 aliphatic carbocycles. The Balaban J connectivity index is 2.54. The minimum Gasteiger partial charge on any atom is -0.229 e. The Morgan fingerprint density at radius 1 is 1.29 bits per heavy atom. The van der Waals surface area contributed by atoms with Crippen LogP contribution in [-0.2, 0) is 6.18 Å². The van der Waals surface area contributed by atoms with Gasteiger partial charge in [-0.1, -0.05) is 11.6 Å². The zero-order valence-electron chi connectivity index (χ0n) is 8.05. The van der Waals surface area contributed by atoms with Crippen LogP contribution < -0.4 is 0 Å². The van der Waals surface area contributed by atoms with Crippen LogP contribution in [0, 0.1) is 0 Å². The van der Waals surface area contributed by atoms with Crippen LogP contribution in [0.5, 0.6) is 0 Å². The van der Waals surface area contributed by atoms with Crippen molar-refractivity contribution in [2.24, 2.45) is 0 Å². The summed E-state index contributed by atoms with van der Waals surface area (Å²) in [7, 11) is 0. The molecule has 2 aromatic rings. The quantitative estimate of drug-likeness (QED) is 0.690. The van der Waals surface area contributed by atoms with Crippen LogP contribution in [-0.4, -0.2) is 4.98 Å². The molecule has 0 bridgehead atoms. The van der Waals surface area contributed by atoms with E-state index < -0.39 is 11.7 Å². The van der Waals surface area contributed by atoms with E-state index in [4.69, 9.17) is 11.6 Å². The van der Waals surface area contributed by atoms with Gasteiger partial charge in [-0.25, -0.2) is 4.98 Å². The summed E-state index contributed by atoms with van der Waals surface area (Å²) in [6, 6.07) is 3.18. The highest BCUT2D eigenvalue weighted by atomic mass is 79.9. The number of rotatable bonds is 1. The molecule has 1 nitrogen and oxygen atoms in total. The first-order valence-corrected chi connectivity index (χ1v) is 6.41. The van der Waals surface area contributed by atoms with Crippen LogP contribution in [0.25, 0.3) is 11.3 Å². The Bertz CT molecular complexity index is 553. The van der Waals surface area contributed by atoms with E-state index >= 15 is 0 Å². The van der Waals surface area contributed by atoms with Gasteiger partial charge < -0.3 is 0 Å². The predicted octanol–water partition coefficient (Wildman–Crippen LogP) is 5.24. The van der Waals surface area contributed by atoms with Crippen LogP contribution in [0.2, 0.25) is 5.02 Å². The Hall–Kier alpha value is -0.590. The van der Waals surface area contributed by atoms with Gasteiger partial charge in [0.15, 0.2) is 3.92 Å². The van der Waals surface area contributed by atoms with Gasteiger partial charge in [0.1, 0.15) is 0 Å². The lowest BCUT2D eigenvalue weighted by molar-refractivity contribution is -0.137. The molecule has 0 aliphatic heterocycles. The highest BCUT2D eigenvalue weighted by molar-refractivity contribution is 9.11. The maximum atomic E-state index is 12.6. The molecule has 0 amide bonds. The third kappa shape index (κ3) is 2.81. The fourth-order valence-electron chi connectivity index (χ4n) is 1.27. The summed E-state index contributed by atoms with van der Waals surface area (Å²) in [5.74, 6) is 0. The minimum atomic E-state index is -4.38. The highest BCUT2D eigenvalue weighted by Gasteiger charge is 2.31. The number of halogens is 5. The van der Waals surface area contributed by atoms with Gasteiger partial charge in [0.25, 0.3) is 0 Å². The van der Waals surface area contributed by atoms with Crippen LogP contribution in [0.15, 0.2) is 27.5 Å². The number of thiazole rings is 1. The minimum absolute atomic E-state index is 0.246. The summed E-state index contributed by atoms with van der Waals surface area (Å²) in [4.78, 5) is 4.05. The molecule has 0 saturated heterocycles. The van der Waals surface area contributed by atoms with Crippen LogP contribution in [0.4, 0.5) is 13.2 Å². The van der Waals surface area contributed by atoms with E-state index in [2.05, 4.69) is 20.9 Å². The van der Waals surface area contributed by atoms with E-state index in [1.54, 1.807) is 5.38 Å². The van der Waals surface area contributed by atoms with E-state index in [-0.39, 0.29) is 10.6 Å². The van der Waals surface area contributed by atoms with Gasteiger partial charge >= 0.3 is 6.18 Å². The SMILES string of the molecule is FC(F)(F)c1ccc(Cl)c(-c2csc(Br)n2)c1. The second-order valence-electron chi connectivity index (χ2n) is 3.18. The Morgan fingerprint density at radius 3 is 2.53 bits per heavy atom. The standard InChI is InChI=1S/C10H4BrClF3NS/c11-9-16-8(4-17-9)6-3-5(10(13,14)15)1-2-7(6)12/h1-4H. The molecule has 0 N–H and O–H groups in total. The van der Waals surface area contributed by atoms with Crippen molar-refractivity contribution in [1.82, 2.24) is 4.98 Å². The maximum absolute atomic E-state index is 12.6. The summed E-state index contributed by atoms with van der Waals surface area (Å²) >= 11 is 10.3. The van der Waals surface area contributed by atoms with Gasteiger partial charge in [-0.15, -0.1) is 11.3 Å². The topological polar surface area (TPSA) is 12.9 Å². The van der Waals surface area contributed by atoms with Crippen molar-refractivity contribution < 1.29 is 13.2 Å². The first-order chi connectivity index (χ1) is 7.88. The molecule has 1 aromatic carbocycles. The molecule has 0 unspecified atom stereocenters. The Morgan fingerprint density at radius 2 is 2.00 bits per heavy atom. The third-order valence-electron chi connectivity index (χ3n) is 2.05. The molecule has 1 heterocycles. The van der Waals surface area contributed by atoms with Crippen molar-refractivity contribution >= 4 is 38.9 Å². The summed E-state index contributed by atoms with van der Waals surface area (Å²) < 4.78 is 38.2. The first kappa shape index (κ1) is 12.9. The van der Waals surface area contributed by atoms with E-state index in [1.165, 1.54) is 17.4 Å². The van der Waals surface area contributed by atoms with Gasteiger partial charge in [0, 0.05) is 10.9 Å². The molecule has 0 fully saturated rings. The average Bonchev–Trinajstić information content (AvgIpc) is 2.63. The Labute approximate surface area is 112 Å². The fraction of sp³-hybridized carbons (Fsp3) is 0.100. The van der Waals surface area contributed by atoms with Gasteiger partial charge in [-0.2, -0.15) is 13.2 Å². The van der Waals surface area contributed by atoms with Crippen LogP contribution in [0.1, 0.15) is 5.56 Å². The van der Waals surface area contributed by atoms with Crippen LogP contribution >= 0.6 is 38.9 Å². The number of hydrogen-bond donors (Lipinski definition) is 0. The van der Waals surface area contributed by atoms with E-state index in [9.17, 15) is 13.2 Å². The lowest BCUT2D eigenvalue weighted by Gasteiger charge is -2.08. The normalized spacial score (nSPS) is 11.8. The zero-order chi connectivity index (χ0) is 12.6. The van der Waals surface area contributed by atoms with Gasteiger partial charge in [-0.3, -0.25) is 0 Å². The molecule has 0 saturated carbocycles. The zero-order valence-corrected chi connectivity index (χ0v) is 11.2. The second kappa shape index (κ2) is 4.59. The molecule has 17 heavy (non-hydrogen) atoms. The number of benzene rings is 1. The molecule has 0 spiro atoms. The lowest BCUT2D eigenvalue weighted by Crippen LogP contribution is -2.04. The number of hydrogen-bond acceptors (Lipinski definition) is 2. The van der Waals surface area contributed by atoms with Crippen LogP contribution in [0.3, 0.4) is 0 Å². The molecule has 0 atom stereocenters. The summed E-state index contributed by atoms with van der Waals surface area (Å²) in [6.07, 6.45) is -4.38. The number of nitrogens with zero attached hydrogens (tertiary/aromatic N) is 1. The van der Waals surface area contributed by atoms with Crippen molar-refractivity contribution in [3.63, 3.8) is 0 Å². The van der Waals surface area contributed by atoms with Crippen molar-refractivity contribution in [3.05, 3.63) is 38.1 Å². The average molecular weight is 343 g/mol. The maximum Gasteiger partial charge on any atom is 0.416 e.